The van der Waals surface area contributed by atoms with Crippen molar-refractivity contribution in [1.82, 2.24) is 5.32 Å². The quantitative estimate of drug-likeness (QED) is 0.656. The van der Waals surface area contributed by atoms with E-state index in [1.165, 1.54) is 0 Å². The number of ether oxygens (including phenoxy) is 2. The van der Waals surface area contributed by atoms with Crippen molar-refractivity contribution in [2.75, 3.05) is 26.4 Å². The molecule has 0 aromatic heterocycles. The fraction of sp³-hybridized carbons (Fsp3) is 0.571. The number of hydrogen-bond donors (Lipinski definition) is 2. The van der Waals surface area contributed by atoms with Crippen LogP contribution in [-0.4, -0.2) is 37.6 Å². The molecule has 0 radical (unpaired) electrons. The second-order valence-corrected chi connectivity index (χ2v) is 4.33. The zero-order valence-corrected chi connectivity index (χ0v) is 11.2. The van der Waals surface area contributed by atoms with E-state index in [9.17, 15) is 0 Å². The number of para-hydroxylation sites is 1. The third-order valence-corrected chi connectivity index (χ3v) is 2.39. The van der Waals surface area contributed by atoms with Crippen LogP contribution in [0.2, 0.25) is 0 Å². The summed E-state index contributed by atoms with van der Waals surface area (Å²) in [7, 11) is 0. The van der Waals surface area contributed by atoms with Gasteiger partial charge in [-0.3, -0.25) is 0 Å². The maximum absolute atomic E-state index is 8.57. The van der Waals surface area contributed by atoms with Crippen molar-refractivity contribution in [3.8, 4) is 5.75 Å². The highest BCUT2D eigenvalue weighted by Crippen LogP contribution is 2.17. The lowest BCUT2D eigenvalue weighted by Crippen LogP contribution is -2.22. The largest absolute Gasteiger partial charge is 0.491 e. The van der Waals surface area contributed by atoms with Crippen molar-refractivity contribution in [3.05, 3.63) is 29.8 Å². The molecule has 0 saturated heterocycles. The molecular formula is C14H23NO3. The molecule has 0 atom stereocenters. The monoisotopic (exact) mass is 253 g/mol. The van der Waals surface area contributed by atoms with E-state index in [1.54, 1.807) is 0 Å². The molecule has 102 valence electrons. The van der Waals surface area contributed by atoms with Crippen LogP contribution in [0.1, 0.15) is 19.4 Å². The number of rotatable bonds is 9. The van der Waals surface area contributed by atoms with E-state index in [0.717, 1.165) is 17.9 Å². The Balaban J connectivity index is 2.38. The van der Waals surface area contributed by atoms with Crippen LogP contribution >= 0.6 is 0 Å². The number of hydrogen-bond acceptors (Lipinski definition) is 4. The van der Waals surface area contributed by atoms with Gasteiger partial charge in [0.2, 0.25) is 0 Å². The van der Waals surface area contributed by atoms with Crippen LogP contribution in [0.4, 0.5) is 0 Å². The molecule has 0 unspecified atom stereocenters. The molecule has 0 amide bonds. The van der Waals surface area contributed by atoms with E-state index in [0.29, 0.717) is 25.9 Å². The first-order valence-corrected chi connectivity index (χ1v) is 6.36. The lowest BCUT2D eigenvalue weighted by Gasteiger charge is -2.13. The molecular weight excluding hydrogens is 230 g/mol. The van der Waals surface area contributed by atoms with Crippen molar-refractivity contribution >= 4 is 0 Å². The first-order valence-electron chi connectivity index (χ1n) is 6.36. The van der Waals surface area contributed by atoms with Crippen molar-refractivity contribution < 1.29 is 14.6 Å². The van der Waals surface area contributed by atoms with E-state index in [1.807, 2.05) is 18.2 Å². The predicted octanol–water partition coefficient (Wildman–Crippen LogP) is 1.57. The van der Waals surface area contributed by atoms with Gasteiger partial charge in [0, 0.05) is 18.2 Å². The lowest BCUT2D eigenvalue weighted by molar-refractivity contribution is 0.0703. The van der Waals surface area contributed by atoms with Crippen molar-refractivity contribution in [3.63, 3.8) is 0 Å². The van der Waals surface area contributed by atoms with Gasteiger partial charge in [-0.2, -0.15) is 0 Å². The van der Waals surface area contributed by atoms with Gasteiger partial charge in [-0.1, -0.05) is 32.0 Å². The van der Waals surface area contributed by atoms with Crippen LogP contribution in [0.3, 0.4) is 0 Å². The maximum Gasteiger partial charge on any atom is 0.123 e. The topological polar surface area (TPSA) is 50.7 Å². The molecule has 4 heteroatoms. The van der Waals surface area contributed by atoms with Crippen LogP contribution in [-0.2, 0) is 11.3 Å². The van der Waals surface area contributed by atoms with Crippen LogP contribution in [0, 0.1) is 0 Å². The molecule has 0 aliphatic carbocycles. The molecule has 0 heterocycles. The van der Waals surface area contributed by atoms with Crippen molar-refractivity contribution in [1.29, 1.82) is 0 Å². The summed E-state index contributed by atoms with van der Waals surface area (Å²) in [5.41, 5.74) is 1.15. The fourth-order valence-corrected chi connectivity index (χ4v) is 1.48. The standard InChI is InChI=1S/C14H23NO3/c1-12(2)15-11-13-5-3-4-6-14(13)18-10-9-17-8-7-16/h3-6,12,15-16H,7-11H2,1-2H3. The van der Waals surface area contributed by atoms with Crippen LogP contribution < -0.4 is 10.1 Å². The minimum absolute atomic E-state index is 0.0505. The zero-order valence-electron chi connectivity index (χ0n) is 11.2. The predicted molar refractivity (Wildman–Crippen MR) is 71.8 cm³/mol. The third-order valence-electron chi connectivity index (χ3n) is 2.39. The molecule has 1 aromatic carbocycles. The van der Waals surface area contributed by atoms with E-state index in [-0.39, 0.29) is 6.61 Å². The molecule has 0 aliphatic heterocycles. The first kappa shape index (κ1) is 15.0. The summed E-state index contributed by atoms with van der Waals surface area (Å²) >= 11 is 0. The normalized spacial score (nSPS) is 10.9. The van der Waals surface area contributed by atoms with Gasteiger partial charge in [0.05, 0.1) is 19.8 Å². The van der Waals surface area contributed by atoms with Gasteiger partial charge >= 0.3 is 0 Å². The number of aliphatic hydroxyl groups is 1. The van der Waals surface area contributed by atoms with Crippen LogP contribution in [0.5, 0.6) is 5.75 Å². The maximum atomic E-state index is 8.57. The smallest absolute Gasteiger partial charge is 0.123 e. The first-order chi connectivity index (χ1) is 8.74. The minimum Gasteiger partial charge on any atom is -0.491 e. The summed E-state index contributed by atoms with van der Waals surface area (Å²) in [6.07, 6.45) is 0. The molecule has 18 heavy (non-hydrogen) atoms. The number of nitrogens with one attached hydrogen (secondary N) is 1. The van der Waals surface area contributed by atoms with Gasteiger partial charge in [-0.15, -0.1) is 0 Å². The van der Waals surface area contributed by atoms with Gasteiger partial charge in [0.15, 0.2) is 0 Å². The molecule has 1 rings (SSSR count). The fourth-order valence-electron chi connectivity index (χ4n) is 1.48. The zero-order chi connectivity index (χ0) is 13.2. The van der Waals surface area contributed by atoms with Crippen LogP contribution in [0.25, 0.3) is 0 Å². The molecule has 0 saturated carbocycles. The minimum atomic E-state index is 0.0505. The Morgan fingerprint density at radius 2 is 1.94 bits per heavy atom. The van der Waals surface area contributed by atoms with E-state index < -0.39 is 0 Å². The average Bonchev–Trinajstić information content (AvgIpc) is 2.37. The van der Waals surface area contributed by atoms with E-state index in [4.69, 9.17) is 14.6 Å². The molecule has 1 aromatic rings. The Bertz CT molecular complexity index is 329. The summed E-state index contributed by atoms with van der Waals surface area (Å²) in [6, 6.07) is 8.43. The Hall–Kier alpha value is -1.10. The lowest BCUT2D eigenvalue weighted by atomic mass is 10.2. The Morgan fingerprint density at radius 3 is 2.67 bits per heavy atom. The van der Waals surface area contributed by atoms with Gasteiger partial charge in [0.1, 0.15) is 12.4 Å². The Labute approximate surface area is 109 Å². The van der Waals surface area contributed by atoms with Crippen molar-refractivity contribution in [2.45, 2.75) is 26.4 Å². The Kier molecular flexibility index (Phi) is 7.41. The highest BCUT2D eigenvalue weighted by atomic mass is 16.5. The van der Waals surface area contributed by atoms with Gasteiger partial charge in [-0.05, 0) is 6.07 Å². The molecule has 0 spiro atoms. The molecule has 4 nitrogen and oxygen atoms in total. The van der Waals surface area contributed by atoms with E-state index >= 15 is 0 Å². The number of aliphatic hydroxyl groups excluding tert-OH is 1. The summed E-state index contributed by atoms with van der Waals surface area (Å²) in [5.74, 6) is 0.887. The SMILES string of the molecule is CC(C)NCc1ccccc1OCCOCCO. The van der Waals surface area contributed by atoms with Crippen molar-refractivity contribution in [2.24, 2.45) is 0 Å². The average molecular weight is 253 g/mol. The summed E-state index contributed by atoms with van der Waals surface area (Å²) < 4.78 is 10.8. The summed E-state index contributed by atoms with van der Waals surface area (Å²) in [4.78, 5) is 0. The molecule has 2 N–H and O–H groups in total. The number of benzene rings is 1. The second kappa shape index (κ2) is 8.91. The van der Waals surface area contributed by atoms with Gasteiger partial charge < -0.3 is 19.9 Å². The Morgan fingerprint density at radius 1 is 1.17 bits per heavy atom. The van der Waals surface area contributed by atoms with Gasteiger partial charge in [0.25, 0.3) is 0 Å². The molecule has 0 aliphatic rings. The third kappa shape index (κ3) is 6.00. The molecule has 0 fully saturated rings. The van der Waals surface area contributed by atoms with Gasteiger partial charge in [-0.25, -0.2) is 0 Å². The van der Waals surface area contributed by atoms with E-state index in [2.05, 4.69) is 25.2 Å². The highest BCUT2D eigenvalue weighted by Gasteiger charge is 2.03. The second-order valence-electron chi connectivity index (χ2n) is 4.33. The van der Waals surface area contributed by atoms with Crippen LogP contribution in [0.15, 0.2) is 24.3 Å². The summed E-state index contributed by atoms with van der Waals surface area (Å²) in [6.45, 7) is 6.43. The summed E-state index contributed by atoms with van der Waals surface area (Å²) in [5, 5.41) is 11.9. The molecule has 0 bridgehead atoms. The highest BCUT2D eigenvalue weighted by molar-refractivity contribution is 5.33.